The van der Waals surface area contributed by atoms with Crippen LogP contribution in [0.4, 0.5) is 0 Å². The number of benzene rings is 1. The minimum Gasteiger partial charge on any atom is -0.493 e. The first-order valence-electron chi connectivity index (χ1n) is 6.73. The molecular weight excluding hydrogens is 258 g/mol. The molecule has 5 nitrogen and oxygen atoms in total. The molecule has 20 heavy (non-hydrogen) atoms. The largest absolute Gasteiger partial charge is 0.493 e. The second kappa shape index (κ2) is 4.10. The SMILES string of the molecule is O=C1CC[C@@H](c2coc3cc4c(cc23)CCO4)C(=O)N1. The quantitative estimate of drug-likeness (QED) is 0.804. The average Bonchev–Trinajstić information content (AvgIpc) is 3.02. The summed E-state index contributed by atoms with van der Waals surface area (Å²) < 4.78 is 11.1. The minimum absolute atomic E-state index is 0.201. The fraction of sp³-hybridized carbons (Fsp3) is 0.333. The van der Waals surface area contributed by atoms with E-state index in [4.69, 9.17) is 9.15 Å². The number of rotatable bonds is 1. The van der Waals surface area contributed by atoms with Crippen molar-refractivity contribution < 1.29 is 18.7 Å². The van der Waals surface area contributed by atoms with Gasteiger partial charge in [0.15, 0.2) is 0 Å². The number of nitrogens with one attached hydrogen (secondary N) is 1. The number of carbonyl (C=O) groups is 2. The molecule has 0 unspecified atom stereocenters. The maximum atomic E-state index is 12.0. The second-order valence-corrected chi connectivity index (χ2v) is 5.25. The van der Waals surface area contributed by atoms with Gasteiger partial charge in [-0.3, -0.25) is 14.9 Å². The number of fused-ring (bicyclic) bond motifs is 2. The Kier molecular flexibility index (Phi) is 2.36. The lowest BCUT2D eigenvalue weighted by Gasteiger charge is -2.19. The molecule has 1 fully saturated rings. The molecule has 2 aliphatic heterocycles. The normalized spacial score (nSPS) is 21.7. The lowest BCUT2D eigenvalue weighted by Crippen LogP contribution is -2.39. The highest BCUT2D eigenvalue weighted by molar-refractivity contribution is 6.02. The third-order valence-electron chi connectivity index (χ3n) is 4.03. The molecule has 0 bridgehead atoms. The van der Waals surface area contributed by atoms with Gasteiger partial charge in [0.25, 0.3) is 0 Å². The van der Waals surface area contributed by atoms with Crippen molar-refractivity contribution in [2.24, 2.45) is 0 Å². The number of carbonyl (C=O) groups excluding carboxylic acids is 2. The van der Waals surface area contributed by atoms with E-state index in [0.29, 0.717) is 19.4 Å². The summed E-state index contributed by atoms with van der Waals surface area (Å²) in [6.07, 6.45) is 3.41. The number of piperidine rings is 1. The van der Waals surface area contributed by atoms with Gasteiger partial charge < -0.3 is 9.15 Å². The molecule has 1 saturated heterocycles. The summed E-state index contributed by atoms with van der Waals surface area (Å²) in [6.45, 7) is 0.690. The lowest BCUT2D eigenvalue weighted by molar-refractivity contribution is -0.134. The fourth-order valence-electron chi connectivity index (χ4n) is 2.98. The molecule has 1 aromatic heterocycles. The Bertz CT molecular complexity index is 731. The molecule has 4 rings (SSSR count). The standard InChI is InChI=1S/C15H13NO4/c17-14-2-1-9(15(18)16-14)11-7-20-13-6-12-8(3-4-19-12)5-10(11)13/h5-7,9H,1-4H2,(H,16,17,18)/t9-/m0/s1. The zero-order valence-corrected chi connectivity index (χ0v) is 10.8. The van der Waals surface area contributed by atoms with Gasteiger partial charge in [-0.2, -0.15) is 0 Å². The molecule has 2 amide bonds. The average molecular weight is 271 g/mol. The van der Waals surface area contributed by atoms with E-state index in [1.54, 1.807) is 6.26 Å². The first kappa shape index (κ1) is 11.5. The third kappa shape index (κ3) is 1.62. The van der Waals surface area contributed by atoms with Gasteiger partial charge in [0.1, 0.15) is 11.3 Å². The molecule has 1 N–H and O–H groups in total. The Morgan fingerprint density at radius 1 is 1.20 bits per heavy atom. The van der Waals surface area contributed by atoms with Gasteiger partial charge in [0.05, 0.1) is 18.8 Å². The molecule has 0 aliphatic carbocycles. The molecule has 2 aliphatic rings. The molecule has 102 valence electrons. The molecule has 0 spiro atoms. The third-order valence-corrected chi connectivity index (χ3v) is 4.03. The number of hydrogen-bond acceptors (Lipinski definition) is 4. The van der Waals surface area contributed by atoms with Crippen molar-refractivity contribution in [3.63, 3.8) is 0 Å². The van der Waals surface area contributed by atoms with Gasteiger partial charge >= 0.3 is 0 Å². The predicted molar refractivity (Wildman–Crippen MR) is 70.5 cm³/mol. The van der Waals surface area contributed by atoms with Crippen LogP contribution in [0.25, 0.3) is 11.0 Å². The van der Waals surface area contributed by atoms with Crippen molar-refractivity contribution in [3.05, 3.63) is 29.5 Å². The summed E-state index contributed by atoms with van der Waals surface area (Å²) in [7, 11) is 0. The van der Waals surface area contributed by atoms with Crippen LogP contribution in [-0.2, 0) is 16.0 Å². The smallest absolute Gasteiger partial charge is 0.234 e. The van der Waals surface area contributed by atoms with E-state index in [1.165, 1.54) is 0 Å². The van der Waals surface area contributed by atoms with E-state index < -0.39 is 0 Å². The Labute approximate surface area is 114 Å². The van der Waals surface area contributed by atoms with E-state index in [2.05, 4.69) is 5.32 Å². The highest BCUT2D eigenvalue weighted by Gasteiger charge is 2.31. The summed E-state index contributed by atoms with van der Waals surface area (Å²) in [4.78, 5) is 23.2. The van der Waals surface area contributed by atoms with Crippen molar-refractivity contribution >= 4 is 22.8 Å². The van der Waals surface area contributed by atoms with Crippen LogP contribution in [0.5, 0.6) is 5.75 Å². The van der Waals surface area contributed by atoms with Gasteiger partial charge in [-0.1, -0.05) is 0 Å². The summed E-state index contributed by atoms with van der Waals surface area (Å²) in [5, 5.41) is 3.34. The number of hydrogen-bond donors (Lipinski definition) is 1. The maximum Gasteiger partial charge on any atom is 0.234 e. The Morgan fingerprint density at radius 3 is 2.95 bits per heavy atom. The summed E-state index contributed by atoms with van der Waals surface area (Å²) >= 11 is 0. The van der Waals surface area contributed by atoms with Crippen LogP contribution >= 0.6 is 0 Å². The maximum absolute atomic E-state index is 12.0. The van der Waals surface area contributed by atoms with Gasteiger partial charge in [0.2, 0.25) is 11.8 Å². The van der Waals surface area contributed by atoms with E-state index in [1.807, 2.05) is 12.1 Å². The molecule has 2 aromatic rings. The van der Waals surface area contributed by atoms with Crippen molar-refractivity contribution in [2.45, 2.75) is 25.2 Å². The van der Waals surface area contributed by atoms with Gasteiger partial charge in [0, 0.05) is 29.9 Å². The van der Waals surface area contributed by atoms with Crippen molar-refractivity contribution in [3.8, 4) is 5.75 Å². The van der Waals surface area contributed by atoms with E-state index >= 15 is 0 Å². The van der Waals surface area contributed by atoms with Gasteiger partial charge in [-0.25, -0.2) is 0 Å². The highest BCUT2D eigenvalue weighted by atomic mass is 16.5. The molecule has 3 heterocycles. The van der Waals surface area contributed by atoms with Crippen LogP contribution in [0, 0.1) is 0 Å². The monoisotopic (exact) mass is 271 g/mol. The zero-order valence-electron chi connectivity index (χ0n) is 10.8. The van der Waals surface area contributed by atoms with Crippen LogP contribution in [0.2, 0.25) is 0 Å². The first-order valence-corrected chi connectivity index (χ1v) is 6.73. The van der Waals surface area contributed by atoms with Crippen LogP contribution in [0.15, 0.2) is 22.8 Å². The Morgan fingerprint density at radius 2 is 2.10 bits per heavy atom. The lowest BCUT2D eigenvalue weighted by atomic mass is 9.90. The summed E-state index contributed by atoms with van der Waals surface area (Å²) in [5.74, 6) is 0.116. The van der Waals surface area contributed by atoms with Crippen LogP contribution in [-0.4, -0.2) is 18.4 Å². The van der Waals surface area contributed by atoms with E-state index in [-0.39, 0.29) is 17.7 Å². The van der Waals surface area contributed by atoms with E-state index in [0.717, 1.165) is 34.3 Å². The fourth-order valence-corrected chi connectivity index (χ4v) is 2.98. The first-order chi connectivity index (χ1) is 9.72. The van der Waals surface area contributed by atoms with Crippen LogP contribution in [0.3, 0.4) is 0 Å². The highest BCUT2D eigenvalue weighted by Crippen LogP contribution is 2.37. The number of furan rings is 1. The molecule has 1 aromatic carbocycles. The van der Waals surface area contributed by atoms with Crippen molar-refractivity contribution in [1.29, 1.82) is 0 Å². The van der Waals surface area contributed by atoms with Crippen molar-refractivity contribution in [1.82, 2.24) is 5.32 Å². The zero-order chi connectivity index (χ0) is 13.7. The van der Waals surface area contributed by atoms with E-state index in [9.17, 15) is 9.59 Å². The number of ether oxygens (including phenoxy) is 1. The summed E-state index contributed by atoms with van der Waals surface area (Å²) in [5.41, 5.74) is 2.73. The van der Waals surface area contributed by atoms with Crippen LogP contribution < -0.4 is 10.1 Å². The topological polar surface area (TPSA) is 68.5 Å². The Hall–Kier alpha value is -2.30. The predicted octanol–water partition coefficient (Wildman–Crippen LogP) is 1.89. The van der Waals surface area contributed by atoms with Crippen LogP contribution in [0.1, 0.15) is 29.9 Å². The molecule has 0 radical (unpaired) electrons. The molecular formula is C15H13NO4. The minimum atomic E-state index is -0.311. The molecule has 0 saturated carbocycles. The molecule has 1 atom stereocenters. The molecule has 5 heteroatoms. The Balaban J connectivity index is 1.80. The van der Waals surface area contributed by atoms with Gasteiger partial charge in [-0.15, -0.1) is 0 Å². The second-order valence-electron chi connectivity index (χ2n) is 5.25. The number of amides is 2. The summed E-state index contributed by atoms with van der Waals surface area (Å²) in [6, 6.07) is 3.92. The van der Waals surface area contributed by atoms with Crippen molar-refractivity contribution in [2.75, 3.05) is 6.61 Å². The van der Waals surface area contributed by atoms with Gasteiger partial charge in [-0.05, 0) is 18.1 Å². The number of imide groups is 1.